The van der Waals surface area contributed by atoms with Crippen LogP contribution in [-0.2, 0) is 0 Å². The molecule has 4 nitrogen and oxygen atoms in total. The van der Waals surface area contributed by atoms with E-state index in [2.05, 4.69) is 21.2 Å². The summed E-state index contributed by atoms with van der Waals surface area (Å²) in [7, 11) is 1.48. The van der Waals surface area contributed by atoms with E-state index in [1.54, 1.807) is 18.2 Å². The van der Waals surface area contributed by atoms with Crippen molar-refractivity contribution in [2.75, 3.05) is 12.4 Å². The standard InChI is InChI=1S/C14H10BrCl2NO3/c1-21-12-3-2-7(15)4-9(12)14(20)18-8-5-10(16)13(19)11(17)6-8/h2-6,19H,1H3,(H,18,20). The molecule has 0 bridgehead atoms. The molecule has 21 heavy (non-hydrogen) atoms. The van der Waals surface area contributed by atoms with Gasteiger partial charge in [0, 0.05) is 10.2 Å². The van der Waals surface area contributed by atoms with E-state index in [-0.39, 0.29) is 21.7 Å². The summed E-state index contributed by atoms with van der Waals surface area (Å²) >= 11 is 14.9. The molecule has 0 fully saturated rings. The third-order valence-corrected chi connectivity index (χ3v) is 3.75. The number of carbonyl (C=O) groups excluding carboxylic acids is 1. The third-order valence-electron chi connectivity index (χ3n) is 2.68. The smallest absolute Gasteiger partial charge is 0.259 e. The van der Waals surface area contributed by atoms with Crippen LogP contribution in [0.5, 0.6) is 11.5 Å². The van der Waals surface area contributed by atoms with Crippen molar-refractivity contribution in [2.24, 2.45) is 0 Å². The number of nitrogens with one attached hydrogen (secondary N) is 1. The molecule has 0 saturated carbocycles. The normalized spacial score (nSPS) is 10.3. The Morgan fingerprint density at radius 1 is 1.24 bits per heavy atom. The number of carbonyl (C=O) groups is 1. The number of ether oxygens (including phenoxy) is 1. The van der Waals surface area contributed by atoms with Crippen molar-refractivity contribution in [1.29, 1.82) is 0 Å². The van der Waals surface area contributed by atoms with Gasteiger partial charge in [0.1, 0.15) is 5.75 Å². The van der Waals surface area contributed by atoms with Crippen LogP contribution in [0.4, 0.5) is 5.69 Å². The average molecular weight is 391 g/mol. The highest BCUT2D eigenvalue weighted by atomic mass is 79.9. The number of methoxy groups -OCH3 is 1. The Balaban J connectivity index is 2.32. The van der Waals surface area contributed by atoms with E-state index < -0.39 is 0 Å². The molecule has 7 heteroatoms. The molecule has 0 saturated heterocycles. The van der Waals surface area contributed by atoms with Crippen LogP contribution < -0.4 is 10.1 Å². The fraction of sp³-hybridized carbons (Fsp3) is 0.0714. The average Bonchev–Trinajstić information content (AvgIpc) is 2.44. The second kappa shape index (κ2) is 6.56. The molecule has 0 radical (unpaired) electrons. The topological polar surface area (TPSA) is 58.6 Å². The van der Waals surface area contributed by atoms with Crippen LogP contribution in [0.1, 0.15) is 10.4 Å². The lowest BCUT2D eigenvalue weighted by Crippen LogP contribution is -2.13. The van der Waals surface area contributed by atoms with Gasteiger partial charge in [-0.05, 0) is 30.3 Å². The summed E-state index contributed by atoms with van der Waals surface area (Å²) in [5, 5.41) is 12.3. The predicted molar refractivity (Wildman–Crippen MR) is 86.8 cm³/mol. The molecule has 0 aliphatic rings. The molecule has 0 aliphatic carbocycles. The summed E-state index contributed by atoms with van der Waals surface area (Å²) < 4.78 is 5.90. The first-order chi connectivity index (χ1) is 9.92. The molecule has 0 aromatic heterocycles. The van der Waals surface area contributed by atoms with E-state index in [4.69, 9.17) is 27.9 Å². The molecule has 0 atom stereocenters. The van der Waals surface area contributed by atoms with Crippen molar-refractivity contribution >= 4 is 50.7 Å². The van der Waals surface area contributed by atoms with Crippen LogP contribution in [0.25, 0.3) is 0 Å². The van der Waals surface area contributed by atoms with Gasteiger partial charge >= 0.3 is 0 Å². The minimum absolute atomic E-state index is 0.0546. The second-order valence-electron chi connectivity index (χ2n) is 4.09. The maximum atomic E-state index is 12.3. The summed E-state index contributed by atoms with van der Waals surface area (Å²) in [6.07, 6.45) is 0. The zero-order valence-electron chi connectivity index (χ0n) is 10.8. The van der Waals surface area contributed by atoms with E-state index in [0.29, 0.717) is 17.0 Å². The van der Waals surface area contributed by atoms with Gasteiger partial charge in [-0.15, -0.1) is 0 Å². The van der Waals surface area contributed by atoms with Gasteiger partial charge in [-0.2, -0.15) is 0 Å². The first-order valence-electron chi connectivity index (χ1n) is 5.75. The molecule has 2 aromatic carbocycles. The van der Waals surface area contributed by atoms with Crippen molar-refractivity contribution in [2.45, 2.75) is 0 Å². The number of rotatable bonds is 3. The Kier molecular flexibility index (Phi) is 4.98. The van der Waals surface area contributed by atoms with Crippen LogP contribution in [0.3, 0.4) is 0 Å². The Morgan fingerprint density at radius 2 is 1.86 bits per heavy atom. The lowest BCUT2D eigenvalue weighted by molar-refractivity contribution is 0.102. The van der Waals surface area contributed by atoms with Gasteiger partial charge in [-0.1, -0.05) is 39.1 Å². The molecule has 0 spiro atoms. The Hall–Kier alpha value is -1.43. The first-order valence-corrected chi connectivity index (χ1v) is 7.30. The van der Waals surface area contributed by atoms with Gasteiger partial charge in [-0.3, -0.25) is 4.79 Å². The van der Waals surface area contributed by atoms with Crippen LogP contribution >= 0.6 is 39.1 Å². The zero-order chi connectivity index (χ0) is 15.6. The first kappa shape index (κ1) is 15.9. The SMILES string of the molecule is COc1ccc(Br)cc1C(=O)Nc1cc(Cl)c(O)c(Cl)c1. The predicted octanol–water partition coefficient (Wildman–Crippen LogP) is 4.72. The Labute approximate surface area is 139 Å². The summed E-state index contributed by atoms with van der Waals surface area (Å²) in [5.74, 6) is -0.172. The van der Waals surface area contributed by atoms with Gasteiger partial charge in [0.15, 0.2) is 5.75 Å². The van der Waals surface area contributed by atoms with E-state index in [1.165, 1.54) is 19.2 Å². The zero-order valence-corrected chi connectivity index (χ0v) is 13.9. The van der Waals surface area contributed by atoms with Crippen molar-refractivity contribution in [3.05, 3.63) is 50.4 Å². The molecule has 2 N–H and O–H groups in total. The lowest BCUT2D eigenvalue weighted by atomic mass is 10.2. The quantitative estimate of drug-likeness (QED) is 0.745. The van der Waals surface area contributed by atoms with E-state index in [0.717, 1.165) is 4.47 Å². The number of hydrogen-bond acceptors (Lipinski definition) is 3. The van der Waals surface area contributed by atoms with Crippen molar-refractivity contribution in [1.82, 2.24) is 0 Å². The van der Waals surface area contributed by atoms with Gasteiger partial charge in [-0.25, -0.2) is 0 Å². The number of anilines is 1. The molecule has 0 aliphatic heterocycles. The van der Waals surface area contributed by atoms with Gasteiger partial charge in [0.25, 0.3) is 5.91 Å². The number of phenolic OH excluding ortho intramolecular Hbond substituents is 1. The molecular weight excluding hydrogens is 381 g/mol. The summed E-state index contributed by atoms with van der Waals surface area (Å²) in [4.78, 5) is 12.3. The number of halogens is 3. The minimum atomic E-state index is -0.383. The Morgan fingerprint density at radius 3 is 2.43 bits per heavy atom. The number of amides is 1. The highest BCUT2D eigenvalue weighted by Crippen LogP contribution is 2.35. The highest BCUT2D eigenvalue weighted by Gasteiger charge is 2.15. The fourth-order valence-corrected chi connectivity index (χ4v) is 2.54. The molecule has 0 unspecified atom stereocenters. The van der Waals surface area contributed by atoms with E-state index >= 15 is 0 Å². The van der Waals surface area contributed by atoms with Crippen LogP contribution in [0, 0.1) is 0 Å². The van der Waals surface area contributed by atoms with Crippen LogP contribution in [0.2, 0.25) is 10.0 Å². The summed E-state index contributed by atoms with van der Waals surface area (Å²) in [6.45, 7) is 0. The molecule has 1 amide bonds. The maximum Gasteiger partial charge on any atom is 0.259 e. The van der Waals surface area contributed by atoms with Gasteiger partial charge < -0.3 is 15.2 Å². The number of phenols is 1. The highest BCUT2D eigenvalue weighted by molar-refractivity contribution is 9.10. The number of hydrogen-bond donors (Lipinski definition) is 2. The molecule has 2 aromatic rings. The van der Waals surface area contributed by atoms with Crippen molar-refractivity contribution in [3.63, 3.8) is 0 Å². The largest absolute Gasteiger partial charge is 0.505 e. The number of aromatic hydroxyl groups is 1. The molecule has 110 valence electrons. The van der Waals surface area contributed by atoms with Crippen molar-refractivity contribution in [3.8, 4) is 11.5 Å². The van der Waals surface area contributed by atoms with Gasteiger partial charge in [0.05, 0.1) is 22.7 Å². The van der Waals surface area contributed by atoms with Crippen LogP contribution in [-0.4, -0.2) is 18.1 Å². The summed E-state index contributed by atoms with van der Waals surface area (Å²) in [6, 6.07) is 7.90. The number of benzene rings is 2. The van der Waals surface area contributed by atoms with Gasteiger partial charge in [0.2, 0.25) is 0 Å². The fourth-order valence-electron chi connectivity index (χ4n) is 1.69. The lowest BCUT2D eigenvalue weighted by Gasteiger charge is -2.11. The second-order valence-corrected chi connectivity index (χ2v) is 5.82. The maximum absolute atomic E-state index is 12.3. The van der Waals surface area contributed by atoms with E-state index in [1.807, 2.05) is 0 Å². The van der Waals surface area contributed by atoms with Crippen molar-refractivity contribution < 1.29 is 14.6 Å². The minimum Gasteiger partial charge on any atom is -0.505 e. The van der Waals surface area contributed by atoms with E-state index in [9.17, 15) is 9.90 Å². The molecule has 0 heterocycles. The molecule has 2 rings (SSSR count). The molecular formula is C14H10BrCl2NO3. The monoisotopic (exact) mass is 389 g/mol. The Bertz CT molecular complexity index is 684. The summed E-state index contributed by atoms with van der Waals surface area (Å²) in [5.41, 5.74) is 0.724. The van der Waals surface area contributed by atoms with Crippen LogP contribution in [0.15, 0.2) is 34.8 Å². The third kappa shape index (κ3) is 3.61.